The third kappa shape index (κ3) is 4.70. The first-order valence-electron chi connectivity index (χ1n) is 16.6. The quantitative estimate of drug-likeness (QED) is 0.103. The van der Waals surface area contributed by atoms with E-state index in [1.807, 2.05) is 0 Å². The number of halogens is 3. The zero-order valence-corrected chi connectivity index (χ0v) is 29.0. The molecular formula is C40H29Cl2FN2O7. The highest BCUT2D eigenvalue weighted by Gasteiger charge is 2.77. The van der Waals surface area contributed by atoms with Gasteiger partial charge in [-0.1, -0.05) is 42.0 Å². The SMILES string of the molecule is COc1ccc(O)c([C@H]2C3=CC[C@@H]4C(=O)N(c5ccc(C(=O)c6ccccc6)cc5)C(=O)[C@@H]4[C@@H]3C[C@@]3(Cl)C(=O)N(c4ccc(F)cc4)C(=O)[C@@]23Cl)c1. The Kier molecular flexibility index (Phi) is 7.89. The molecule has 0 unspecified atom stereocenters. The standard InChI is InChI=1S/C40H29Cl2FN2O7/c1-52-26-15-18-31(46)29(19-26)33-27-16-17-28-32(30(27)20-39(41)37(50)45(38(51)40(33,39)42)25-13-9-23(43)10-14-25)36(49)44(35(28)48)24-11-7-22(8-12-24)34(47)21-5-3-2-4-6-21/h2-16,18-19,28,30,32-33,46H,17,20H2,1H3/t28-,30+,32-,33+,39+,40-/m0/s1. The molecular weight excluding hydrogens is 710 g/mol. The molecule has 1 saturated carbocycles. The van der Waals surface area contributed by atoms with Gasteiger partial charge in [-0.15, -0.1) is 23.2 Å². The predicted octanol–water partition coefficient (Wildman–Crippen LogP) is 6.54. The third-order valence-corrected chi connectivity index (χ3v) is 12.3. The fraction of sp³-hybridized carbons (Fsp3) is 0.225. The van der Waals surface area contributed by atoms with Crippen molar-refractivity contribution in [2.45, 2.75) is 28.5 Å². The maximum Gasteiger partial charge on any atom is 0.258 e. The van der Waals surface area contributed by atoms with E-state index < -0.39 is 62.9 Å². The molecule has 2 aliphatic carbocycles. The number of anilines is 2. The molecule has 3 fully saturated rings. The number of fused-ring (bicyclic) bond motifs is 4. The van der Waals surface area contributed by atoms with E-state index in [2.05, 4.69) is 0 Å². The van der Waals surface area contributed by atoms with Gasteiger partial charge in [-0.3, -0.25) is 28.9 Å². The molecule has 4 aromatic carbocycles. The van der Waals surface area contributed by atoms with Crippen molar-refractivity contribution in [2.24, 2.45) is 17.8 Å². The van der Waals surface area contributed by atoms with Crippen molar-refractivity contribution in [1.82, 2.24) is 0 Å². The number of phenolic OH excluding ortho intramolecular Hbond substituents is 1. The number of methoxy groups -OCH3 is 1. The first kappa shape index (κ1) is 33.8. The Morgan fingerprint density at radius 2 is 1.44 bits per heavy atom. The second-order valence-corrected chi connectivity index (χ2v) is 14.7. The zero-order valence-electron chi connectivity index (χ0n) is 27.5. The van der Waals surface area contributed by atoms with Crippen molar-refractivity contribution in [1.29, 1.82) is 0 Å². The van der Waals surface area contributed by atoms with Crippen molar-refractivity contribution in [2.75, 3.05) is 16.9 Å². The van der Waals surface area contributed by atoms with Gasteiger partial charge >= 0.3 is 0 Å². The van der Waals surface area contributed by atoms with Gasteiger partial charge in [0.05, 0.1) is 30.3 Å². The number of ether oxygens (including phenoxy) is 1. The molecule has 262 valence electrons. The summed E-state index contributed by atoms with van der Waals surface area (Å²) < 4.78 is 19.4. The van der Waals surface area contributed by atoms with E-state index in [-0.39, 0.29) is 41.3 Å². The number of rotatable bonds is 6. The molecule has 52 heavy (non-hydrogen) atoms. The summed E-state index contributed by atoms with van der Waals surface area (Å²) in [7, 11) is 1.43. The molecule has 0 spiro atoms. The number of hydrogen-bond donors (Lipinski definition) is 1. The van der Waals surface area contributed by atoms with Crippen molar-refractivity contribution >= 4 is 64.0 Å². The molecule has 0 bridgehead atoms. The molecule has 4 aliphatic rings. The minimum absolute atomic E-state index is 0.0433. The second kappa shape index (κ2) is 12.1. The number of benzene rings is 4. The van der Waals surface area contributed by atoms with Crippen LogP contribution in [0.3, 0.4) is 0 Å². The van der Waals surface area contributed by atoms with Gasteiger partial charge in [0.1, 0.15) is 17.3 Å². The van der Waals surface area contributed by atoms with E-state index in [1.54, 1.807) is 60.7 Å². The average molecular weight is 740 g/mol. The predicted molar refractivity (Wildman–Crippen MR) is 190 cm³/mol. The minimum Gasteiger partial charge on any atom is -0.508 e. The highest BCUT2D eigenvalue weighted by molar-refractivity contribution is 6.58. The van der Waals surface area contributed by atoms with Crippen LogP contribution in [-0.2, 0) is 19.2 Å². The van der Waals surface area contributed by atoms with Crippen LogP contribution in [0.25, 0.3) is 0 Å². The highest BCUT2D eigenvalue weighted by atomic mass is 35.5. The Morgan fingerprint density at radius 3 is 2.12 bits per heavy atom. The maximum atomic E-state index is 14.5. The molecule has 12 heteroatoms. The molecule has 9 nitrogen and oxygen atoms in total. The summed E-state index contributed by atoms with van der Waals surface area (Å²) in [6.45, 7) is 0. The van der Waals surface area contributed by atoms with Crippen LogP contribution in [0, 0.1) is 23.6 Å². The lowest BCUT2D eigenvalue weighted by molar-refractivity contribution is -0.125. The number of carbonyl (C=O) groups is 5. The van der Waals surface area contributed by atoms with E-state index in [1.165, 1.54) is 37.4 Å². The number of carbonyl (C=O) groups excluding carboxylic acids is 5. The molecule has 1 N–H and O–H groups in total. The molecule has 6 atom stereocenters. The van der Waals surface area contributed by atoms with Crippen LogP contribution in [-0.4, -0.2) is 51.4 Å². The fourth-order valence-corrected chi connectivity index (χ4v) is 9.33. The Balaban J connectivity index is 1.22. The smallest absolute Gasteiger partial charge is 0.258 e. The number of hydrogen-bond acceptors (Lipinski definition) is 7. The van der Waals surface area contributed by atoms with E-state index in [9.17, 15) is 33.5 Å². The lowest BCUT2D eigenvalue weighted by Gasteiger charge is -2.50. The zero-order chi connectivity index (χ0) is 36.7. The molecule has 0 aromatic heterocycles. The average Bonchev–Trinajstić information content (AvgIpc) is 3.50. The van der Waals surface area contributed by atoms with Crippen molar-refractivity contribution in [3.05, 3.63) is 131 Å². The number of amides is 4. The largest absolute Gasteiger partial charge is 0.508 e. The second-order valence-electron chi connectivity index (χ2n) is 13.4. The Morgan fingerprint density at radius 1 is 0.808 bits per heavy atom. The van der Waals surface area contributed by atoms with Crippen molar-refractivity contribution in [3.8, 4) is 11.5 Å². The number of allylic oxidation sites excluding steroid dienone is 2. The Labute approximate surface area is 307 Å². The summed E-state index contributed by atoms with van der Waals surface area (Å²) in [5, 5.41) is 11.3. The maximum absolute atomic E-state index is 14.5. The molecule has 0 radical (unpaired) electrons. The highest BCUT2D eigenvalue weighted by Crippen LogP contribution is 2.66. The van der Waals surface area contributed by atoms with Gasteiger partial charge in [-0.05, 0) is 85.5 Å². The van der Waals surface area contributed by atoms with Crippen molar-refractivity contribution in [3.63, 3.8) is 0 Å². The minimum atomic E-state index is -2.22. The molecule has 4 aromatic rings. The van der Waals surface area contributed by atoms with Gasteiger partial charge in [0.15, 0.2) is 15.5 Å². The van der Waals surface area contributed by atoms with Gasteiger partial charge in [-0.25, -0.2) is 9.29 Å². The van der Waals surface area contributed by atoms with E-state index >= 15 is 0 Å². The van der Waals surface area contributed by atoms with E-state index in [0.29, 0.717) is 22.4 Å². The van der Waals surface area contributed by atoms with Crippen LogP contribution in [0.1, 0.15) is 40.2 Å². The third-order valence-electron chi connectivity index (χ3n) is 10.9. The van der Waals surface area contributed by atoms with Gasteiger partial charge in [-0.2, -0.15) is 0 Å². The molecule has 2 heterocycles. The lowest BCUT2D eigenvalue weighted by atomic mass is 9.56. The molecule has 2 aliphatic heterocycles. The molecule has 8 rings (SSSR count). The first-order valence-corrected chi connectivity index (χ1v) is 17.3. The number of ketones is 1. The summed E-state index contributed by atoms with van der Waals surface area (Å²) in [6.07, 6.45) is 1.58. The van der Waals surface area contributed by atoms with E-state index in [4.69, 9.17) is 27.9 Å². The summed E-state index contributed by atoms with van der Waals surface area (Å²) in [5.74, 6) is -7.40. The lowest BCUT2D eigenvalue weighted by Crippen LogP contribution is -2.60. The Hall–Kier alpha value is -5.32. The Bertz CT molecular complexity index is 2230. The van der Waals surface area contributed by atoms with Gasteiger partial charge in [0.25, 0.3) is 11.8 Å². The number of alkyl halides is 2. The summed E-state index contributed by atoms with van der Waals surface area (Å²) in [5.41, 5.74) is 1.80. The summed E-state index contributed by atoms with van der Waals surface area (Å²) in [6, 6.07) is 24.0. The molecule has 2 saturated heterocycles. The van der Waals surface area contributed by atoms with Gasteiger partial charge < -0.3 is 9.84 Å². The van der Waals surface area contributed by atoms with Crippen LogP contribution in [0.5, 0.6) is 11.5 Å². The van der Waals surface area contributed by atoms with Gasteiger partial charge in [0, 0.05) is 22.6 Å². The summed E-state index contributed by atoms with van der Waals surface area (Å²) in [4.78, 5) is 68.0. The normalized spacial score (nSPS) is 28.0. The number of imide groups is 2. The van der Waals surface area contributed by atoms with Gasteiger partial charge in [0.2, 0.25) is 11.8 Å². The monoisotopic (exact) mass is 738 g/mol. The number of phenols is 1. The first-order chi connectivity index (χ1) is 24.9. The molecule has 4 amide bonds. The van der Waals surface area contributed by atoms with Crippen LogP contribution >= 0.6 is 23.2 Å². The topological polar surface area (TPSA) is 121 Å². The van der Waals surface area contributed by atoms with Crippen LogP contribution < -0.4 is 14.5 Å². The number of aromatic hydroxyl groups is 1. The van der Waals surface area contributed by atoms with Crippen LogP contribution in [0.4, 0.5) is 15.8 Å². The van der Waals surface area contributed by atoms with Crippen LogP contribution in [0.15, 0.2) is 109 Å². The number of nitrogens with zero attached hydrogens (tertiary/aromatic N) is 2. The van der Waals surface area contributed by atoms with E-state index in [0.717, 1.165) is 21.9 Å². The fourth-order valence-electron chi connectivity index (χ4n) is 8.41. The summed E-state index contributed by atoms with van der Waals surface area (Å²) >= 11 is 14.8. The van der Waals surface area contributed by atoms with Crippen molar-refractivity contribution < 1.29 is 38.2 Å². The van der Waals surface area contributed by atoms with Crippen LogP contribution in [0.2, 0.25) is 0 Å².